The number of alkyl carbamates (subject to hydrolysis) is 1. The quantitative estimate of drug-likeness (QED) is 0.301. The van der Waals surface area contributed by atoms with E-state index in [1.807, 2.05) is 32.1 Å². The van der Waals surface area contributed by atoms with E-state index in [1.54, 1.807) is 13.0 Å². The van der Waals surface area contributed by atoms with E-state index in [0.717, 1.165) is 44.1 Å². The molecule has 4 aliphatic carbocycles. The van der Waals surface area contributed by atoms with Crippen molar-refractivity contribution in [1.82, 2.24) is 25.2 Å². The molecule has 15 heteroatoms. The Morgan fingerprint density at radius 2 is 1.83 bits per heavy atom. The molecule has 0 bridgehead atoms. The van der Waals surface area contributed by atoms with Crippen molar-refractivity contribution in [3.05, 3.63) is 47.4 Å². The minimum Gasteiger partial charge on any atom is -0.483 e. The van der Waals surface area contributed by atoms with Crippen molar-refractivity contribution in [3.63, 3.8) is 0 Å². The third-order valence-corrected chi connectivity index (χ3v) is 16.3. The number of allylic oxidation sites excluding steroid dienone is 1. The van der Waals surface area contributed by atoms with Crippen LogP contribution in [0.15, 0.2) is 30.4 Å². The van der Waals surface area contributed by atoms with Crippen molar-refractivity contribution in [2.75, 3.05) is 6.54 Å². The number of fused-ring (bicyclic) bond motifs is 5. The van der Waals surface area contributed by atoms with E-state index in [0.29, 0.717) is 67.3 Å². The fourth-order valence-electron chi connectivity index (χ4n) is 9.45. The summed E-state index contributed by atoms with van der Waals surface area (Å²) in [5.74, 6) is -1.90. The Hall–Kier alpha value is -4.27. The Balaban J connectivity index is 1.06. The number of rotatable bonds is 7. The number of carbonyl (C=O) groups excluding carboxylic acids is 4. The molecule has 1 aromatic carbocycles. The molecule has 3 N–H and O–H groups in total. The number of hydrogen-bond donors (Lipinski definition) is 3. The fourth-order valence-corrected chi connectivity index (χ4v) is 10.8. The summed E-state index contributed by atoms with van der Waals surface area (Å²) >= 11 is 0. The first-order valence-electron chi connectivity index (χ1n) is 21.2. The maximum Gasteiger partial charge on any atom is 0.408 e. The molecule has 2 aromatic rings. The molecule has 312 valence electrons. The molecule has 5 atom stereocenters. The molecule has 1 saturated heterocycles. The van der Waals surface area contributed by atoms with Gasteiger partial charge in [0.05, 0.1) is 17.0 Å². The summed E-state index contributed by atoms with van der Waals surface area (Å²) in [5.41, 5.74) is -1.29. The monoisotopic (exact) mass is 819 g/mol. The Morgan fingerprint density at radius 3 is 2.53 bits per heavy atom. The van der Waals surface area contributed by atoms with Gasteiger partial charge in [-0.25, -0.2) is 22.6 Å². The first kappa shape index (κ1) is 39.2. The molecule has 13 nitrogen and oxygen atoms in total. The van der Waals surface area contributed by atoms with Gasteiger partial charge >= 0.3 is 6.09 Å². The number of halogens is 1. The number of nitrogens with zero attached hydrogens (tertiary/aromatic N) is 2. The van der Waals surface area contributed by atoms with E-state index in [9.17, 15) is 27.6 Å². The van der Waals surface area contributed by atoms with Crippen LogP contribution in [0.5, 0.6) is 5.75 Å². The van der Waals surface area contributed by atoms with Gasteiger partial charge in [-0.2, -0.15) is 0 Å². The van der Waals surface area contributed by atoms with Crippen LogP contribution in [0.4, 0.5) is 9.18 Å². The van der Waals surface area contributed by atoms with Gasteiger partial charge in [-0.15, -0.1) is 0 Å². The lowest BCUT2D eigenvalue weighted by Gasteiger charge is -2.37. The number of sulfonamides is 1. The molecule has 5 fully saturated rings. The fraction of sp³-hybridized carbons (Fsp3) is 0.651. The number of nitrogens with one attached hydrogen (secondary N) is 3. The van der Waals surface area contributed by atoms with Crippen LogP contribution in [0.2, 0.25) is 0 Å². The topological polar surface area (TPSA) is 173 Å². The molecule has 4 amide bonds. The van der Waals surface area contributed by atoms with Crippen molar-refractivity contribution in [1.29, 1.82) is 0 Å². The molecular weight excluding hydrogens is 766 g/mol. The Labute approximate surface area is 338 Å². The lowest BCUT2D eigenvalue weighted by molar-refractivity contribution is -0.141. The highest BCUT2D eigenvalue weighted by Gasteiger charge is 2.64. The van der Waals surface area contributed by atoms with Gasteiger partial charge in [0.15, 0.2) is 0 Å². The van der Waals surface area contributed by atoms with Gasteiger partial charge in [-0.3, -0.25) is 19.1 Å². The SMILES string of the molecule is CC(C)C1(OC(=O)N[C@H]2CCCCC/C=C\[C@@H]3C[C@@]3(C(=O)NS(=O)(=O)C3(C)CC3)NC(=O)[C@@H]3C[C@]4(CCc5c(c(C6CC6)nc6c(F)cccc56)O4)CN3C2=O)CC1. The summed E-state index contributed by atoms with van der Waals surface area (Å²) in [4.78, 5) is 63.5. The van der Waals surface area contributed by atoms with Gasteiger partial charge in [0, 0.05) is 29.2 Å². The van der Waals surface area contributed by atoms with E-state index >= 15 is 4.39 Å². The summed E-state index contributed by atoms with van der Waals surface area (Å²) in [6, 6.07) is 2.78. The van der Waals surface area contributed by atoms with Gasteiger partial charge in [-0.1, -0.05) is 51.0 Å². The van der Waals surface area contributed by atoms with Crippen LogP contribution in [0, 0.1) is 17.7 Å². The standard InChI is InChI=1S/C43H54FN5O8S/c1-25(2)42(20-21-42)57-39(53)45-31-13-8-6-4-5-7-10-27-22-43(27,38(52)48-58(54,55)40(3)18-19-40)47-36(50)32-23-41(24-49(32)37(31)51)17-16-29-28-11-9-12-30(44)34(28)46-33(26-14-15-26)35(29)56-41/h7,9-12,25-27,31-32H,4-6,8,13-24H2,1-3H3,(H,45,53)(H,47,50)(H,48,52)/b10-7-/t27-,31+,32+,41-,43-/m1/s1. The molecule has 4 saturated carbocycles. The van der Waals surface area contributed by atoms with Crippen molar-refractivity contribution < 1.29 is 41.5 Å². The number of ether oxygens (including phenoxy) is 2. The first-order chi connectivity index (χ1) is 27.6. The zero-order valence-corrected chi connectivity index (χ0v) is 34.4. The molecule has 58 heavy (non-hydrogen) atoms. The van der Waals surface area contributed by atoms with Gasteiger partial charge in [0.2, 0.25) is 21.8 Å². The Kier molecular flexibility index (Phi) is 9.40. The smallest absolute Gasteiger partial charge is 0.408 e. The van der Waals surface area contributed by atoms with Crippen molar-refractivity contribution in [3.8, 4) is 5.75 Å². The zero-order valence-electron chi connectivity index (χ0n) is 33.5. The van der Waals surface area contributed by atoms with Crippen LogP contribution >= 0.6 is 0 Å². The molecule has 3 aliphatic heterocycles. The second-order valence-electron chi connectivity index (χ2n) is 18.7. The van der Waals surface area contributed by atoms with Gasteiger partial charge in [0.1, 0.15) is 45.9 Å². The van der Waals surface area contributed by atoms with E-state index < -0.39 is 79.1 Å². The molecule has 4 heterocycles. The summed E-state index contributed by atoms with van der Waals surface area (Å²) < 4.78 is 55.8. The normalized spacial score (nSPS) is 31.7. The van der Waals surface area contributed by atoms with Gasteiger partial charge < -0.3 is 25.0 Å². The number of hydrogen-bond acceptors (Lipinski definition) is 9. The third kappa shape index (κ3) is 6.92. The Bertz CT molecular complexity index is 2220. The van der Waals surface area contributed by atoms with Gasteiger partial charge in [-0.05, 0) is 96.0 Å². The maximum atomic E-state index is 15.1. The van der Waals surface area contributed by atoms with Crippen LogP contribution in [-0.2, 0) is 35.6 Å². The molecule has 1 aromatic heterocycles. The summed E-state index contributed by atoms with van der Waals surface area (Å²) in [7, 11) is -4.01. The average Bonchev–Trinajstić information content (AvgIpc) is 3.98. The number of aromatic nitrogens is 1. The number of benzene rings is 1. The van der Waals surface area contributed by atoms with Crippen LogP contribution in [0.1, 0.15) is 128 Å². The summed E-state index contributed by atoms with van der Waals surface area (Å²) in [6.45, 7) is 5.62. The van der Waals surface area contributed by atoms with Crippen LogP contribution in [0.3, 0.4) is 0 Å². The minimum atomic E-state index is -4.01. The van der Waals surface area contributed by atoms with E-state index in [-0.39, 0.29) is 31.2 Å². The minimum absolute atomic E-state index is 0.0209. The predicted octanol–water partition coefficient (Wildman–Crippen LogP) is 5.59. The number of para-hydroxylation sites is 1. The molecule has 0 unspecified atom stereocenters. The second kappa shape index (κ2) is 13.9. The molecule has 7 aliphatic rings. The van der Waals surface area contributed by atoms with Crippen molar-refractivity contribution in [2.45, 2.75) is 157 Å². The predicted molar refractivity (Wildman–Crippen MR) is 212 cm³/mol. The van der Waals surface area contributed by atoms with E-state index in [4.69, 9.17) is 14.5 Å². The summed E-state index contributed by atoms with van der Waals surface area (Å²) in [5, 5.41) is 6.51. The van der Waals surface area contributed by atoms with E-state index in [1.165, 1.54) is 11.0 Å². The Morgan fingerprint density at radius 1 is 1.05 bits per heavy atom. The first-order valence-corrected chi connectivity index (χ1v) is 22.7. The van der Waals surface area contributed by atoms with Crippen LogP contribution < -0.4 is 20.1 Å². The van der Waals surface area contributed by atoms with Crippen LogP contribution in [0.25, 0.3) is 10.9 Å². The number of pyridine rings is 1. The molecule has 1 spiro atoms. The van der Waals surface area contributed by atoms with Gasteiger partial charge in [0.25, 0.3) is 5.91 Å². The lowest BCUT2D eigenvalue weighted by atomic mass is 9.86. The molecule has 9 rings (SSSR count). The van der Waals surface area contributed by atoms with Crippen LogP contribution in [-0.4, -0.2) is 82.2 Å². The third-order valence-electron chi connectivity index (χ3n) is 14.2. The molecular formula is C43H54FN5O8S. The highest BCUT2D eigenvalue weighted by molar-refractivity contribution is 7.91. The van der Waals surface area contributed by atoms with Crippen molar-refractivity contribution >= 4 is 44.7 Å². The number of amides is 4. The highest BCUT2D eigenvalue weighted by atomic mass is 32.2. The van der Waals surface area contributed by atoms with E-state index in [2.05, 4.69) is 15.4 Å². The largest absolute Gasteiger partial charge is 0.483 e. The zero-order chi connectivity index (χ0) is 40.8. The summed E-state index contributed by atoms with van der Waals surface area (Å²) in [6.07, 6.45) is 11.7. The second-order valence-corrected chi connectivity index (χ2v) is 20.9. The maximum absolute atomic E-state index is 15.1. The lowest BCUT2D eigenvalue weighted by Crippen LogP contribution is -2.58. The average molecular weight is 820 g/mol. The highest BCUT2D eigenvalue weighted by Crippen LogP contribution is 2.52. The number of carbonyl (C=O) groups is 4. The van der Waals surface area contributed by atoms with Crippen molar-refractivity contribution in [2.24, 2.45) is 11.8 Å². The number of aryl methyl sites for hydroxylation is 1. The molecule has 0 radical (unpaired) electrons.